The van der Waals surface area contributed by atoms with Gasteiger partial charge in [-0.15, -0.1) is 0 Å². The molecule has 0 aromatic carbocycles. The van der Waals surface area contributed by atoms with Crippen LogP contribution in [0.1, 0.15) is 85.0 Å². The molecule has 0 N–H and O–H groups in total. The summed E-state index contributed by atoms with van der Waals surface area (Å²) in [5, 5.41) is 0. The molecule has 2 heterocycles. The minimum atomic E-state index is -0.397. The van der Waals surface area contributed by atoms with Crippen LogP contribution in [0.5, 0.6) is 0 Å². The maximum atomic E-state index is 13.4. The number of hydrogen-bond acceptors (Lipinski definition) is 5. The van der Waals surface area contributed by atoms with E-state index in [2.05, 4.69) is 26.8 Å². The van der Waals surface area contributed by atoms with Gasteiger partial charge >= 0.3 is 5.97 Å². The van der Waals surface area contributed by atoms with Gasteiger partial charge in [-0.25, -0.2) is 0 Å². The molecule has 2 saturated heterocycles. The van der Waals surface area contributed by atoms with E-state index in [1.54, 1.807) is 0 Å². The molecule has 0 bridgehead atoms. The average molecular weight is 427 g/mol. The molecule has 5 fully saturated rings. The van der Waals surface area contributed by atoms with E-state index in [4.69, 9.17) is 9.47 Å². The molecule has 0 amide bonds. The van der Waals surface area contributed by atoms with Crippen molar-refractivity contribution in [2.24, 2.45) is 28.6 Å². The lowest BCUT2D eigenvalue weighted by molar-refractivity contribution is -0.164. The highest BCUT2D eigenvalue weighted by Gasteiger charge is 2.82. The zero-order chi connectivity index (χ0) is 21.8. The Kier molecular flexibility index (Phi) is 3.96. The molecule has 2 spiro atoms. The Balaban J connectivity index is 1.49. The molecule has 8 atom stereocenters. The largest absolute Gasteiger partial charge is 0.458 e. The highest BCUT2D eigenvalue weighted by Crippen LogP contribution is 2.77. The lowest BCUT2D eigenvalue weighted by Crippen LogP contribution is -2.62. The summed E-state index contributed by atoms with van der Waals surface area (Å²) in [6.07, 6.45) is 9.72. The third kappa shape index (κ3) is 2.24. The molecule has 0 radical (unpaired) electrons. The Labute approximate surface area is 184 Å². The fourth-order valence-corrected chi connectivity index (χ4v) is 8.91. The first kappa shape index (κ1) is 20.1. The first-order chi connectivity index (χ1) is 14.7. The lowest BCUT2D eigenvalue weighted by atomic mass is 9.44. The predicted octanol–water partition coefficient (Wildman–Crippen LogP) is 4.32. The van der Waals surface area contributed by atoms with E-state index < -0.39 is 5.60 Å². The summed E-state index contributed by atoms with van der Waals surface area (Å²) in [5.41, 5.74) is -0.0570. The van der Waals surface area contributed by atoms with Crippen LogP contribution < -0.4 is 0 Å². The number of carbonyl (C=O) groups is 3. The molecular weight excluding hydrogens is 392 g/mol. The highest BCUT2D eigenvalue weighted by atomic mass is 16.6. The quantitative estimate of drug-likeness (QED) is 0.496. The van der Waals surface area contributed by atoms with Gasteiger partial charge in [0, 0.05) is 42.4 Å². The molecule has 0 aromatic rings. The lowest BCUT2D eigenvalue weighted by Gasteiger charge is -2.58. The maximum absolute atomic E-state index is 13.4. The Hall–Kier alpha value is -1.49. The zero-order valence-electron chi connectivity index (χ0n) is 19.0. The fourth-order valence-electron chi connectivity index (χ4n) is 8.91. The summed E-state index contributed by atoms with van der Waals surface area (Å²) in [6, 6.07) is 0. The van der Waals surface area contributed by atoms with Crippen LogP contribution in [-0.2, 0) is 23.9 Å². The number of rotatable bonds is 3. The van der Waals surface area contributed by atoms with Crippen molar-refractivity contribution in [3.8, 4) is 0 Å². The summed E-state index contributed by atoms with van der Waals surface area (Å²) >= 11 is 0. The van der Waals surface area contributed by atoms with Gasteiger partial charge in [-0.1, -0.05) is 26.8 Å². The second kappa shape index (κ2) is 6.09. The first-order valence-electron chi connectivity index (χ1n) is 12.4. The van der Waals surface area contributed by atoms with Crippen LogP contribution in [0, 0.1) is 28.6 Å². The Morgan fingerprint density at radius 1 is 1.13 bits per heavy atom. The van der Waals surface area contributed by atoms with Crippen molar-refractivity contribution in [2.75, 3.05) is 0 Å². The molecule has 6 rings (SSSR count). The molecule has 3 saturated carbocycles. The van der Waals surface area contributed by atoms with Crippen LogP contribution in [0.3, 0.4) is 0 Å². The highest BCUT2D eigenvalue weighted by molar-refractivity contribution is 5.97. The summed E-state index contributed by atoms with van der Waals surface area (Å²) < 4.78 is 12.8. The van der Waals surface area contributed by atoms with Crippen molar-refractivity contribution in [3.05, 3.63) is 11.6 Å². The van der Waals surface area contributed by atoms with Gasteiger partial charge in [0.15, 0.2) is 5.78 Å². The third-order valence-corrected chi connectivity index (χ3v) is 10.6. The van der Waals surface area contributed by atoms with Gasteiger partial charge < -0.3 is 9.47 Å². The molecule has 3 unspecified atom stereocenters. The van der Waals surface area contributed by atoms with Crippen LogP contribution in [-0.4, -0.2) is 34.8 Å². The maximum Gasteiger partial charge on any atom is 0.306 e. The average Bonchev–Trinajstić information content (AvgIpc) is 3.20. The van der Waals surface area contributed by atoms with Gasteiger partial charge in [-0.2, -0.15) is 0 Å². The SMILES string of the molecule is CCCC(=O)C1=CC2CC(=O)CC[C@]2(C)[C@@]23O[C@@H]2C[C@@]2(C)C(CC[C@@]24CCC(=O)O4)C13. The molecule has 5 heteroatoms. The normalized spacial score (nSPS) is 52.0. The standard InChI is InChI=1S/C26H34O5/c1-4-5-19(28)17-13-15-12-16(27)6-9-23(15,2)26-20(30-26)14-24(3)18(22(17)26)7-10-25(24)11-8-21(29)31-25/h13,15,18,20,22H,4-12,14H2,1-3H3/t15?,18?,20-,22?,23+,24+,25-,26-/m1/s1. The summed E-state index contributed by atoms with van der Waals surface area (Å²) in [5.74, 6) is 0.897. The van der Waals surface area contributed by atoms with Crippen LogP contribution in [0.4, 0.5) is 0 Å². The van der Waals surface area contributed by atoms with E-state index in [9.17, 15) is 14.4 Å². The second-order valence-electron chi connectivity index (χ2n) is 11.7. The van der Waals surface area contributed by atoms with Gasteiger partial charge in [-0.3, -0.25) is 14.4 Å². The number of ketones is 2. The molecule has 2 aliphatic heterocycles. The predicted molar refractivity (Wildman–Crippen MR) is 113 cm³/mol. The van der Waals surface area contributed by atoms with Gasteiger partial charge in [0.25, 0.3) is 0 Å². The molecule has 5 nitrogen and oxygen atoms in total. The van der Waals surface area contributed by atoms with Gasteiger partial charge in [-0.05, 0) is 55.9 Å². The van der Waals surface area contributed by atoms with E-state index in [0.717, 1.165) is 44.1 Å². The van der Waals surface area contributed by atoms with Gasteiger partial charge in [0.05, 0.1) is 6.10 Å². The molecule has 4 aliphatic carbocycles. The van der Waals surface area contributed by atoms with Gasteiger partial charge in [0.1, 0.15) is 17.0 Å². The fraction of sp³-hybridized carbons (Fsp3) is 0.808. The third-order valence-electron chi connectivity index (χ3n) is 10.6. The Bertz CT molecular complexity index is 921. The van der Waals surface area contributed by atoms with Crippen LogP contribution >= 0.6 is 0 Å². The number of fused-ring (bicyclic) bond motifs is 4. The van der Waals surface area contributed by atoms with Crippen molar-refractivity contribution in [1.82, 2.24) is 0 Å². The number of ether oxygens (including phenoxy) is 2. The number of Topliss-reactive ketones (excluding diaryl/α,β-unsaturated/α-hetero) is 2. The van der Waals surface area contributed by atoms with Crippen LogP contribution in [0.2, 0.25) is 0 Å². The molecule has 168 valence electrons. The number of hydrogen-bond donors (Lipinski definition) is 0. The van der Waals surface area contributed by atoms with E-state index in [0.29, 0.717) is 31.5 Å². The number of allylic oxidation sites excluding steroid dienone is 1. The van der Waals surface area contributed by atoms with Crippen molar-refractivity contribution in [1.29, 1.82) is 0 Å². The van der Waals surface area contributed by atoms with Crippen molar-refractivity contribution in [2.45, 2.75) is 102 Å². The molecule has 31 heavy (non-hydrogen) atoms. The first-order valence-corrected chi connectivity index (χ1v) is 12.4. The van der Waals surface area contributed by atoms with Crippen molar-refractivity contribution in [3.63, 3.8) is 0 Å². The van der Waals surface area contributed by atoms with Crippen molar-refractivity contribution >= 4 is 17.5 Å². The Morgan fingerprint density at radius 3 is 2.65 bits per heavy atom. The van der Waals surface area contributed by atoms with Crippen LogP contribution in [0.25, 0.3) is 0 Å². The molecule has 6 aliphatic rings. The van der Waals surface area contributed by atoms with Crippen molar-refractivity contribution < 1.29 is 23.9 Å². The minimum Gasteiger partial charge on any atom is -0.458 e. The Morgan fingerprint density at radius 2 is 1.94 bits per heavy atom. The second-order valence-corrected chi connectivity index (χ2v) is 11.7. The topological polar surface area (TPSA) is 73.0 Å². The van der Waals surface area contributed by atoms with E-state index in [1.807, 2.05) is 0 Å². The molecule has 0 aromatic heterocycles. The van der Waals surface area contributed by atoms with E-state index in [1.165, 1.54) is 0 Å². The summed E-state index contributed by atoms with van der Waals surface area (Å²) in [7, 11) is 0. The smallest absolute Gasteiger partial charge is 0.306 e. The number of epoxide rings is 1. The number of esters is 1. The minimum absolute atomic E-state index is 0.0587. The molecular formula is C26H34O5. The van der Waals surface area contributed by atoms with Gasteiger partial charge in [0.2, 0.25) is 0 Å². The zero-order valence-corrected chi connectivity index (χ0v) is 19.0. The summed E-state index contributed by atoms with van der Waals surface area (Å²) in [6.45, 7) is 6.67. The monoisotopic (exact) mass is 426 g/mol. The van der Waals surface area contributed by atoms with E-state index in [-0.39, 0.29) is 52.0 Å². The van der Waals surface area contributed by atoms with E-state index >= 15 is 0 Å². The number of carbonyl (C=O) groups excluding carboxylic acids is 3. The van der Waals surface area contributed by atoms with Crippen LogP contribution in [0.15, 0.2) is 11.6 Å². The summed E-state index contributed by atoms with van der Waals surface area (Å²) in [4.78, 5) is 38.0.